The monoisotopic (exact) mass is 384 g/mol. The SMILES string of the molecule is COc1ccc2cc(CN(C(=O)C3CCCO3)C3CCCCC3)c(=O)[nH]c2c1. The highest BCUT2D eigenvalue weighted by Gasteiger charge is 2.33. The van der Waals surface area contributed by atoms with Gasteiger partial charge in [-0.3, -0.25) is 9.59 Å². The van der Waals surface area contributed by atoms with Crippen LogP contribution in [0.5, 0.6) is 5.75 Å². The first kappa shape index (κ1) is 19.0. The standard InChI is InChI=1S/C22H28N2O4/c1-27-18-10-9-15-12-16(21(25)23-19(15)13-18)14-24(17-6-3-2-4-7-17)22(26)20-8-5-11-28-20/h9-10,12-13,17,20H,2-8,11,14H2,1H3,(H,23,25). The molecule has 1 amide bonds. The van der Waals surface area contributed by atoms with E-state index in [9.17, 15) is 9.59 Å². The molecule has 1 aromatic carbocycles. The van der Waals surface area contributed by atoms with Crippen LogP contribution < -0.4 is 10.3 Å². The fourth-order valence-electron chi connectivity index (χ4n) is 4.39. The van der Waals surface area contributed by atoms with Crippen LogP contribution in [-0.2, 0) is 16.1 Å². The van der Waals surface area contributed by atoms with Crippen LogP contribution in [0.4, 0.5) is 0 Å². The number of carbonyl (C=O) groups is 1. The van der Waals surface area contributed by atoms with Gasteiger partial charge in [-0.05, 0) is 49.3 Å². The molecule has 0 radical (unpaired) electrons. The first-order chi connectivity index (χ1) is 13.7. The first-order valence-corrected chi connectivity index (χ1v) is 10.3. The summed E-state index contributed by atoms with van der Waals surface area (Å²) in [4.78, 5) is 30.8. The molecular formula is C22H28N2O4. The lowest BCUT2D eigenvalue weighted by molar-refractivity contribution is -0.144. The number of H-pyrrole nitrogens is 1. The van der Waals surface area contributed by atoms with E-state index >= 15 is 0 Å². The van der Waals surface area contributed by atoms with Gasteiger partial charge < -0.3 is 19.4 Å². The van der Waals surface area contributed by atoms with Crippen LogP contribution in [0.2, 0.25) is 0 Å². The van der Waals surface area contributed by atoms with Crippen molar-refractivity contribution in [1.82, 2.24) is 9.88 Å². The number of rotatable bonds is 5. The molecule has 28 heavy (non-hydrogen) atoms. The number of pyridine rings is 1. The Labute approximate surface area is 164 Å². The molecule has 1 unspecified atom stereocenters. The maximum atomic E-state index is 13.2. The zero-order valence-corrected chi connectivity index (χ0v) is 16.4. The lowest BCUT2D eigenvalue weighted by Crippen LogP contribution is -2.46. The van der Waals surface area contributed by atoms with Crippen LogP contribution in [0, 0.1) is 0 Å². The van der Waals surface area contributed by atoms with Crippen LogP contribution >= 0.6 is 0 Å². The molecule has 1 saturated heterocycles. The van der Waals surface area contributed by atoms with Crippen molar-refractivity contribution < 1.29 is 14.3 Å². The number of aromatic nitrogens is 1. The third-order valence-electron chi connectivity index (χ3n) is 5.97. The zero-order chi connectivity index (χ0) is 19.5. The molecule has 2 aliphatic rings. The van der Waals surface area contributed by atoms with Gasteiger partial charge >= 0.3 is 0 Å². The number of methoxy groups -OCH3 is 1. The lowest BCUT2D eigenvalue weighted by Gasteiger charge is -2.35. The Morgan fingerprint density at radius 3 is 2.71 bits per heavy atom. The number of aromatic amines is 1. The number of hydrogen-bond donors (Lipinski definition) is 1. The predicted molar refractivity (Wildman–Crippen MR) is 108 cm³/mol. The minimum absolute atomic E-state index is 0.0404. The molecule has 1 aliphatic carbocycles. The Hall–Kier alpha value is -2.34. The van der Waals surface area contributed by atoms with Gasteiger partial charge in [0.1, 0.15) is 11.9 Å². The Morgan fingerprint density at radius 2 is 2.00 bits per heavy atom. The minimum atomic E-state index is -0.356. The van der Waals surface area contributed by atoms with Crippen LogP contribution in [0.3, 0.4) is 0 Å². The van der Waals surface area contributed by atoms with Crippen LogP contribution in [-0.4, -0.2) is 41.7 Å². The number of nitrogens with one attached hydrogen (secondary N) is 1. The third kappa shape index (κ3) is 3.92. The van der Waals surface area contributed by atoms with Gasteiger partial charge in [0.15, 0.2) is 0 Å². The largest absolute Gasteiger partial charge is 0.497 e. The zero-order valence-electron chi connectivity index (χ0n) is 16.4. The third-order valence-corrected chi connectivity index (χ3v) is 5.97. The summed E-state index contributed by atoms with van der Waals surface area (Å²) in [6.45, 7) is 0.980. The number of hydrogen-bond acceptors (Lipinski definition) is 4. The highest BCUT2D eigenvalue weighted by Crippen LogP contribution is 2.27. The van der Waals surface area contributed by atoms with E-state index in [0.29, 0.717) is 24.5 Å². The first-order valence-electron chi connectivity index (χ1n) is 10.3. The van der Waals surface area contributed by atoms with Gasteiger partial charge in [-0.1, -0.05) is 19.3 Å². The molecule has 2 aromatic rings. The quantitative estimate of drug-likeness (QED) is 0.858. The van der Waals surface area contributed by atoms with Crippen LogP contribution in [0.25, 0.3) is 10.9 Å². The number of ether oxygens (including phenoxy) is 2. The van der Waals surface area contributed by atoms with E-state index in [-0.39, 0.29) is 23.6 Å². The van der Waals surface area contributed by atoms with E-state index in [0.717, 1.165) is 49.4 Å². The van der Waals surface area contributed by atoms with Gasteiger partial charge in [-0.25, -0.2) is 0 Å². The average Bonchev–Trinajstić information content (AvgIpc) is 3.27. The minimum Gasteiger partial charge on any atom is -0.497 e. The molecule has 1 aliphatic heterocycles. The molecular weight excluding hydrogens is 356 g/mol. The molecule has 4 rings (SSSR count). The van der Waals surface area contributed by atoms with Gasteiger partial charge in [-0.2, -0.15) is 0 Å². The van der Waals surface area contributed by atoms with Gasteiger partial charge in [0.05, 0.1) is 19.2 Å². The van der Waals surface area contributed by atoms with E-state index < -0.39 is 0 Å². The highest BCUT2D eigenvalue weighted by molar-refractivity contribution is 5.82. The molecule has 150 valence electrons. The Bertz CT molecular complexity index is 895. The van der Waals surface area contributed by atoms with Gasteiger partial charge in [0, 0.05) is 24.3 Å². The average molecular weight is 384 g/mol. The number of nitrogens with zero attached hydrogens (tertiary/aromatic N) is 1. The van der Waals surface area contributed by atoms with Crippen molar-refractivity contribution in [2.24, 2.45) is 0 Å². The number of carbonyl (C=O) groups excluding carboxylic acids is 1. The summed E-state index contributed by atoms with van der Waals surface area (Å²) in [5.41, 5.74) is 1.21. The summed E-state index contributed by atoms with van der Waals surface area (Å²) in [6, 6.07) is 7.71. The van der Waals surface area contributed by atoms with Crippen molar-refractivity contribution in [2.75, 3.05) is 13.7 Å². The van der Waals surface area contributed by atoms with Crippen molar-refractivity contribution in [2.45, 2.75) is 63.6 Å². The Balaban J connectivity index is 1.64. The second kappa shape index (κ2) is 8.35. The molecule has 2 heterocycles. The van der Waals surface area contributed by atoms with Crippen LogP contribution in [0.1, 0.15) is 50.5 Å². The Kier molecular flexibility index (Phi) is 5.67. The summed E-state index contributed by atoms with van der Waals surface area (Å²) in [5, 5.41) is 0.934. The lowest BCUT2D eigenvalue weighted by atomic mass is 9.93. The smallest absolute Gasteiger partial charge is 0.253 e. The maximum absolute atomic E-state index is 13.2. The second-order valence-corrected chi connectivity index (χ2v) is 7.84. The van der Waals surface area contributed by atoms with Crippen molar-refractivity contribution >= 4 is 16.8 Å². The van der Waals surface area contributed by atoms with Crippen molar-refractivity contribution in [1.29, 1.82) is 0 Å². The molecule has 1 N–H and O–H groups in total. The van der Waals surface area contributed by atoms with Crippen molar-refractivity contribution in [3.8, 4) is 5.75 Å². The molecule has 1 aromatic heterocycles. The molecule has 0 spiro atoms. The number of amides is 1. The summed E-state index contributed by atoms with van der Waals surface area (Å²) in [6.07, 6.45) is 6.83. The fraction of sp³-hybridized carbons (Fsp3) is 0.545. The van der Waals surface area contributed by atoms with E-state index in [1.54, 1.807) is 7.11 Å². The molecule has 6 heteroatoms. The number of benzene rings is 1. The predicted octanol–water partition coefficient (Wildman–Crippen LogP) is 3.38. The van der Waals surface area contributed by atoms with Gasteiger partial charge in [-0.15, -0.1) is 0 Å². The summed E-state index contributed by atoms with van der Waals surface area (Å²) < 4.78 is 10.9. The molecule has 1 saturated carbocycles. The fourth-order valence-corrected chi connectivity index (χ4v) is 4.39. The molecule has 0 bridgehead atoms. The van der Waals surface area contributed by atoms with E-state index in [4.69, 9.17) is 9.47 Å². The number of fused-ring (bicyclic) bond motifs is 1. The van der Waals surface area contributed by atoms with Gasteiger partial charge in [0.2, 0.25) is 0 Å². The summed E-state index contributed by atoms with van der Waals surface area (Å²) in [5.74, 6) is 0.743. The summed E-state index contributed by atoms with van der Waals surface area (Å²) >= 11 is 0. The molecule has 6 nitrogen and oxygen atoms in total. The topological polar surface area (TPSA) is 71.6 Å². The molecule has 2 fully saturated rings. The van der Waals surface area contributed by atoms with Gasteiger partial charge in [0.25, 0.3) is 11.5 Å². The van der Waals surface area contributed by atoms with E-state index in [1.165, 1.54) is 6.42 Å². The van der Waals surface area contributed by atoms with E-state index in [1.807, 2.05) is 29.2 Å². The van der Waals surface area contributed by atoms with Crippen molar-refractivity contribution in [3.05, 3.63) is 40.2 Å². The maximum Gasteiger partial charge on any atom is 0.253 e. The van der Waals surface area contributed by atoms with E-state index in [2.05, 4.69) is 4.98 Å². The summed E-state index contributed by atoms with van der Waals surface area (Å²) in [7, 11) is 1.60. The van der Waals surface area contributed by atoms with Crippen molar-refractivity contribution in [3.63, 3.8) is 0 Å². The van der Waals surface area contributed by atoms with Crippen LogP contribution in [0.15, 0.2) is 29.1 Å². The molecule has 1 atom stereocenters. The highest BCUT2D eigenvalue weighted by atomic mass is 16.5. The second-order valence-electron chi connectivity index (χ2n) is 7.84. The normalized spacial score (nSPS) is 20.4. The Morgan fingerprint density at radius 1 is 1.18 bits per heavy atom.